The summed E-state index contributed by atoms with van der Waals surface area (Å²) in [6.07, 6.45) is -0.180. The molecule has 94 valence electrons. The highest BCUT2D eigenvalue weighted by Gasteiger charge is 2.20. The minimum Gasteiger partial charge on any atom is -0.465 e. The molecule has 0 aromatic carbocycles. The molecule has 2 N–H and O–H groups in total. The van der Waals surface area contributed by atoms with Crippen molar-refractivity contribution < 1.29 is 14.8 Å². The van der Waals surface area contributed by atoms with Gasteiger partial charge in [-0.25, -0.2) is 4.79 Å². The van der Waals surface area contributed by atoms with E-state index in [9.17, 15) is 14.9 Å². The largest absolute Gasteiger partial charge is 0.465 e. The number of amides is 1. The van der Waals surface area contributed by atoms with Gasteiger partial charge in [0, 0.05) is 6.54 Å². The van der Waals surface area contributed by atoms with E-state index in [1.54, 1.807) is 0 Å². The highest BCUT2D eigenvalue weighted by Crippen LogP contribution is 2.21. The predicted molar refractivity (Wildman–Crippen MR) is 59.1 cm³/mol. The predicted octanol–water partition coefficient (Wildman–Crippen LogP) is 0.443. The summed E-state index contributed by atoms with van der Waals surface area (Å²) in [6, 6.07) is 0. The number of nitrogens with one attached hydrogen (secondary N) is 1. The first-order valence-electron chi connectivity index (χ1n) is 4.76. The maximum absolute atomic E-state index is 10.7. The molecule has 9 nitrogen and oxygen atoms in total. The molecule has 1 aromatic heterocycles. The molecule has 0 aliphatic carbocycles. The molecule has 0 radical (unpaired) electrons. The Morgan fingerprint density at radius 2 is 2.35 bits per heavy atom. The number of carboxylic acid groups (broad SMARTS) is 1. The van der Waals surface area contributed by atoms with Crippen molar-refractivity contribution in [3.63, 3.8) is 0 Å². The van der Waals surface area contributed by atoms with Crippen LogP contribution in [-0.4, -0.2) is 51.4 Å². The van der Waals surface area contributed by atoms with E-state index in [-0.39, 0.29) is 11.5 Å². The van der Waals surface area contributed by atoms with Crippen LogP contribution in [0.1, 0.15) is 0 Å². The number of carbonyl (C=O) groups is 1. The van der Waals surface area contributed by atoms with Crippen LogP contribution in [0.25, 0.3) is 0 Å². The Hall–Kier alpha value is -2.16. The van der Waals surface area contributed by atoms with Crippen molar-refractivity contribution in [2.75, 3.05) is 26.0 Å². The zero-order chi connectivity index (χ0) is 13.0. The van der Waals surface area contributed by atoms with Gasteiger partial charge in [0.25, 0.3) is 0 Å². The van der Waals surface area contributed by atoms with Gasteiger partial charge < -0.3 is 10.0 Å². The summed E-state index contributed by atoms with van der Waals surface area (Å²) in [5.41, 5.74) is -0.355. The van der Waals surface area contributed by atoms with E-state index in [2.05, 4.69) is 5.10 Å². The molecule has 1 aromatic rings. The third-order valence-corrected chi connectivity index (χ3v) is 1.94. The Balaban J connectivity index is 2.87. The fraction of sp³-hybridized carbons (Fsp3) is 0.500. The second-order valence-corrected chi connectivity index (χ2v) is 3.62. The molecule has 0 saturated heterocycles. The number of aromatic nitrogens is 2. The Labute approximate surface area is 96.8 Å². The number of likely N-dealkylation sites (N-methyl/N-ethyl adjacent to an activating group) is 1. The molecule has 0 aliphatic rings. The highest BCUT2D eigenvalue weighted by molar-refractivity contribution is 5.84. The Morgan fingerprint density at radius 1 is 1.71 bits per heavy atom. The second kappa shape index (κ2) is 5.25. The van der Waals surface area contributed by atoms with Crippen molar-refractivity contribution in [1.29, 1.82) is 0 Å². The van der Waals surface area contributed by atoms with Gasteiger partial charge in [0.15, 0.2) is 0 Å². The third kappa shape index (κ3) is 3.72. The number of hydrogen-bond acceptors (Lipinski definition) is 5. The topological polar surface area (TPSA) is 114 Å². The van der Waals surface area contributed by atoms with Crippen molar-refractivity contribution >= 4 is 17.6 Å². The minimum atomic E-state index is -1.38. The van der Waals surface area contributed by atoms with Crippen molar-refractivity contribution in [3.8, 4) is 0 Å². The summed E-state index contributed by atoms with van der Waals surface area (Å²) >= 11 is 0. The zero-order valence-corrected chi connectivity index (χ0v) is 9.45. The van der Waals surface area contributed by atoms with E-state index in [0.717, 1.165) is 0 Å². The smallest absolute Gasteiger partial charge is 0.410 e. The number of rotatable bonds is 5. The van der Waals surface area contributed by atoms with Crippen LogP contribution < -0.4 is 5.32 Å². The average molecular weight is 243 g/mol. The van der Waals surface area contributed by atoms with Gasteiger partial charge in [0.1, 0.15) is 6.20 Å². The van der Waals surface area contributed by atoms with Crippen LogP contribution in [0.15, 0.2) is 6.20 Å². The second-order valence-electron chi connectivity index (χ2n) is 3.62. The molecule has 0 aliphatic heterocycles. The molecule has 0 unspecified atom stereocenters. The molecule has 1 heterocycles. The number of anilines is 1. The molecule has 17 heavy (non-hydrogen) atoms. The monoisotopic (exact) mass is 243 g/mol. The third-order valence-electron chi connectivity index (χ3n) is 1.94. The van der Waals surface area contributed by atoms with Gasteiger partial charge in [0.2, 0.25) is 5.82 Å². The lowest BCUT2D eigenvalue weighted by Crippen LogP contribution is -2.18. The molecule has 0 bridgehead atoms. The van der Waals surface area contributed by atoms with E-state index in [1.165, 1.54) is 10.9 Å². The van der Waals surface area contributed by atoms with Crippen LogP contribution in [0.3, 0.4) is 0 Å². The van der Waals surface area contributed by atoms with E-state index >= 15 is 0 Å². The Morgan fingerprint density at radius 3 is 2.82 bits per heavy atom. The van der Waals surface area contributed by atoms with E-state index in [4.69, 9.17) is 5.11 Å². The summed E-state index contributed by atoms with van der Waals surface area (Å²) < 4.78 is 1.34. The highest BCUT2D eigenvalue weighted by atomic mass is 16.6. The molecular formula is C8H13N5O4. The van der Waals surface area contributed by atoms with Gasteiger partial charge in [-0.1, -0.05) is 0 Å². The van der Waals surface area contributed by atoms with Crippen molar-refractivity contribution in [3.05, 3.63) is 16.3 Å². The van der Waals surface area contributed by atoms with Gasteiger partial charge in [-0.2, -0.15) is 0 Å². The lowest BCUT2D eigenvalue weighted by atomic mass is 10.5. The molecule has 9 heteroatoms. The van der Waals surface area contributed by atoms with Crippen LogP contribution in [-0.2, 0) is 6.54 Å². The summed E-state index contributed by atoms with van der Waals surface area (Å²) in [7, 11) is 3.71. The van der Waals surface area contributed by atoms with Crippen LogP contribution in [0.2, 0.25) is 0 Å². The van der Waals surface area contributed by atoms with Crippen LogP contribution >= 0.6 is 0 Å². The maximum Gasteiger partial charge on any atom is 0.410 e. The first-order valence-corrected chi connectivity index (χ1v) is 4.76. The number of hydrogen-bond donors (Lipinski definition) is 2. The van der Waals surface area contributed by atoms with Gasteiger partial charge >= 0.3 is 11.8 Å². The van der Waals surface area contributed by atoms with Gasteiger partial charge in [-0.15, -0.1) is 5.10 Å². The van der Waals surface area contributed by atoms with Crippen LogP contribution in [0, 0.1) is 10.1 Å². The number of nitro groups is 1. The molecule has 0 fully saturated rings. The first-order chi connectivity index (χ1) is 7.90. The van der Waals surface area contributed by atoms with Crippen LogP contribution in [0.4, 0.5) is 16.3 Å². The van der Waals surface area contributed by atoms with Crippen molar-refractivity contribution in [1.82, 2.24) is 14.7 Å². The Kier molecular flexibility index (Phi) is 3.99. The normalized spacial score (nSPS) is 10.5. The molecule has 0 saturated carbocycles. The van der Waals surface area contributed by atoms with Gasteiger partial charge in [-0.05, 0) is 14.1 Å². The van der Waals surface area contributed by atoms with Gasteiger partial charge in [0.05, 0.1) is 11.5 Å². The van der Waals surface area contributed by atoms with E-state index < -0.39 is 11.0 Å². The first kappa shape index (κ1) is 12.9. The summed E-state index contributed by atoms with van der Waals surface area (Å²) in [5, 5.41) is 24.9. The molecule has 0 spiro atoms. The molecular weight excluding hydrogens is 230 g/mol. The quantitative estimate of drug-likeness (QED) is 0.573. The molecule has 0 atom stereocenters. The molecule has 1 rings (SSSR count). The standard InChI is InChI=1S/C8H13N5O4/c1-11(2)3-4-12-5-6(13(16)17)7(10-12)9-8(14)15/h5H,3-4H2,1-2H3,(H,9,10)(H,14,15). The van der Waals surface area contributed by atoms with Crippen molar-refractivity contribution in [2.45, 2.75) is 6.54 Å². The van der Waals surface area contributed by atoms with Crippen molar-refractivity contribution in [2.24, 2.45) is 0 Å². The van der Waals surface area contributed by atoms with Gasteiger partial charge in [-0.3, -0.25) is 20.1 Å². The molecule has 1 amide bonds. The summed E-state index contributed by atoms with van der Waals surface area (Å²) in [6.45, 7) is 1.08. The lowest BCUT2D eigenvalue weighted by molar-refractivity contribution is -0.384. The fourth-order valence-corrected chi connectivity index (χ4v) is 1.15. The average Bonchev–Trinajstić information content (AvgIpc) is 2.57. The van der Waals surface area contributed by atoms with Crippen LogP contribution in [0.5, 0.6) is 0 Å². The minimum absolute atomic E-state index is 0.263. The zero-order valence-electron chi connectivity index (χ0n) is 9.45. The Bertz CT molecular complexity index is 428. The SMILES string of the molecule is CN(C)CCn1cc([N+](=O)[O-])c(NC(=O)O)n1. The van der Waals surface area contributed by atoms with E-state index in [0.29, 0.717) is 13.1 Å². The summed E-state index contributed by atoms with van der Waals surface area (Å²) in [5.74, 6) is -0.263. The van der Waals surface area contributed by atoms with E-state index in [1.807, 2.05) is 24.3 Å². The summed E-state index contributed by atoms with van der Waals surface area (Å²) in [4.78, 5) is 22.3. The maximum atomic E-state index is 10.7. The fourth-order valence-electron chi connectivity index (χ4n) is 1.15. The number of nitrogens with zero attached hydrogens (tertiary/aromatic N) is 4. The lowest BCUT2D eigenvalue weighted by Gasteiger charge is -2.08.